The van der Waals surface area contributed by atoms with E-state index in [-0.39, 0.29) is 11.2 Å². The Morgan fingerprint density at radius 1 is 1.31 bits per heavy atom. The van der Waals surface area contributed by atoms with Gasteiger partial charge in [0.25, 0.3) is 0 Å². The fraction of sp³-hybridized carbons (Fsp3) is 0.526. The van der Waals surface area contributed by atoms with Gasteiger partial charge < -0.3 is 14.6 Å². The highest BCUT2D eigenvalue weighted by Crippen LogP contribution is 2.24. The van der Waals surface area contributed by atoms with Gasteiger partial charge in [-0.25, -0.2) is 0 Å². The van der Waals surface area contributed by atoms with Crippen molar-refractivity contribution in [2.24, 2.45) is 7.05 Å². The Labute approximate surface area is 158 Å². The van der Waals surface area contributed by atoms with E-state index in [1.165, 1.54) is 24.6 Å². The van der Waals surface area contributed by atoms with Crippen molar-refractivity contribution in [3.8, 4) is 5.75 Å². The van der Waals surface area contributed by atoms with Gasteiger partial charge >= 0.3 is 0 Å². The molecule has 1 heterocycles. The number of nitrogens with one attached hydrogen (secondary N) is 1. The molecule has 1 aromatic heterocycles. The zero-order valence-corrected chi connectivity index (χ0v) is 16.4. The van der Waals surface area contributed by atoms with Crippen LogP contribution >= 0.6 is 11.8 Å². The highest BCUT2D eigenvalue weighted by molar-refractivity contribution is 8.00. The number of aromatic nitrogens is 3. The zero-order valence-electron chi connectivity index (χ0n) is 15.6. The molecule has 1 amide bonds. The van der Waals surface area contributed by atoms with E-state index in [2.05, 4.69) is 15.5 Å². The Kier molecular flexibility index (Phi) is 6.19. The summed E-state index contributed by atoms with van der Waals surface area (Å²) in [6.45, 7) is 1.92. The van der Waals surface area contributed by atoms with Crippen molar-refractivity contribution < 1.29 is 9.53 Å². The van der Waals surface area contributed by atoms with E-state index < -0.39 is 0 Å². The second-order valence-electron chi connectivity index (χ2n) is 6.73. The van der Waals surface area contributed by atoms with Crippen LogP contribution in [0.4, 0.5) is 0 Å². The molecule has 0 radical (unpaired) electrons. The summed E-state index contributed by atoms with van der Waals surface area (Å²) in [6.07, 6.45) is 5.31. The van der Waals surface area contributed by atoms with Crippen LogP contribution in [0.5, 0.6) is 5.75 Å². The van der Waals surface area contributed by atoms with Gasteiger partial charge in [-0.2, -0.15) is 0 Å². The molecule has 0 saturated heterocycles. The maximum atomic E-state index is 12.4. The normalized spacial score (nSPS) is 15.8. The SMILES string of the molecule is COc1ccc(Cc2nnc(S[C@H](C)C(=O)NC3CCCC3)n2C)cc1. The topological polar surface area (TPSA) is 69.0 Å². The molecule has 1 fully saturated rings. The summed E-state index contributed by atoms with van der Waals surface area (Å²) in [5.41, 5.74) is 1.14. The predicted molar refractivity (Wildman–Crippen MR) is 103 cm³/mol. The summed E-state index contributed by atoms with van der Waals surface area (Å²) < 4.78 is 7.15. The lowest BCUT2D eigenvalue weighted by atomic mass is 10.1. The van der Waals surface area contributed by atoms with Gasteiger partial charge in [-0.05, 0) is 37.5 Å². The van der Waals surface area contributed by atoms with Crippen LogP contribution in [-0.2, 0) is 18.3 Å². The van der Waals surface area contributed by atoms with Gasteiger partial charge in [-0.3, -0.25) is 4.79 Å². The Hall–Kier alpha value is -2.02. The average Bonchev–Trinajstić information content (AvgIpc) is 3.27. The third-order valence-corrected chi connectivity index (χ3v) is 5.93. The number of carbonyl (C=O) groups is 1. The highest BCUT2D eigenvalue weighted by atomic mass is 32.2. The fourth-order valence-electron chi connectivity index (χ4n) is 3.13. The maximum absolute atomic E-state index is 12.4. The van der Waals surface area contributed by atoms with Crippen molar-refractivity contribution in [2.45, 2.75) is 55.5 Å². The first-order chi connectivity index (χ1) is 12.6. The molecule has 7 heteroatoms. The molecule has 0 aliphatic heterocycles. The molecule has 1 aliphatic carbocycles. The van der Waals surface area contributed by atoms with Gasteiger partial charge in [0.05, 0.1) is 12.4 Å². The number of rotatable bonds is 7. The number of thioether (sulfide) groups is 1. The molecule has 1 saturated carbocycles. The molecular weight excluding hydrogens is 348 g/mol. The van der Waals surface area contributed by atoms with E-state index in [9.17, 15) is 4.79 Å². The molecule has 2 aromatic rings. The third kappa shape index (κ3) is 4.58. The predicted octanol–water partition coefficient (Wildman–Crippen LogP) is 2.95. The van der Waals surface area contributed by atoms with Crippen LogP contribution in [0, 0.1) is 0 Å². The van der Waals surface area contributed by atoms with Crippen LogP contribution in [0.15, 0.2) is 29.4 Å². The van der Waals surface area contributed by atoms with Gasteiger partial charge in [-0.15, -0.1) is 10.2 Å². The summed E-state index contributed by atoms with van der Waals surface area (Å²) in [4.78, 5) is 12.4. The van der Waals surface area contributed by atoms with E-state index in [4.69, 9.17) is 4.74 Å². The third-order valence-electron chi connectivity index (χ3n) is 4.80. The first-order valence-corrected chi connectivity index (χ1v) is 9.93. The number of nitrogens with zero attached hydrogens (tertiary/aromatic N) is 3. The van der Waals surface area contributed by atoms with Gasteiger partial charge in [0.15, 0.2) is 5.16 Å². The van der Waals surface area contributed by atoms with E-state index in [0.29, 0.717) is 12.5 Å². The van der Waals surface area contributed by atoms with E-state index >= 15 is 0 Å². The molecule has 1 aliphatic rings. The van der Waals surface area contributed by atoms with Crippen LogP contribution < -0.4 is 10.1 Å². The minimum absolute atomic E-state index is 0.0848. The monoisotopic (exact) mass is 374 g/mol. The molecule has 6 nitrogen and oxygen atoms in total. The first kappa shape index (κ1) is 18.8. The lowest BCUT2D eigenvalue weighted by Gasteiger charge is -2.16. The van der Waals surface area contributed by atoms with Crippen molar-refractivity contribution in [1.29, 1.82) is 0 Å². The number of hydrogen-bond donors (Lipinski definition) is 1. The number of amides is 1. The highest BCUT2D eigenvalue weighted by Gasteiger charge is 2.23. The second kappa shape index (κ2) is 8.58. The number of carbonyl (C=O) groups excluding carboxylic acids is 1. The molecule has 140 valence electrons. The summed E-state index contributed by atoms with van der Waals surface area (Å²) in [5.74, 6) is 1.80. The number of benzene rings is 1. The van der Waals surface area contributed by atoms with Gasteiger partial charge in [0.1, 0.15) is 11.6 Å². The van der Waals surface area contributed by atoms with Gasteiger partial charge in [0.2, 0.25) is 5.91 Å². The quantitative estimate of drug-likeness (QED) is 0.755. The summed E-state index contributed by atoms with van der Waals surface area (Å²) >= 11 is 1.46. The number of hydrogen-bond acceptors (Lipinski definition) is 5. The lowest BCUT2D eigenvalue weighted by molar-refractivity contribution is -0.120. The minimum atomic E-state index is -0.188. The molecule has 1 N–H and O–H groups in total. The molecule has 3 rings (SSSR count). The Balaban J connectivity index is 1.59. The Bertz CT molecular complexity index is 738. The molecule has 0 bridgehead atoms. The first-order valence-electron chi connectivity index (χ1n) is 9.05. The molecule has 1 atom stereocenters. The molecule has 1 aromatic carbocycles. The summed E-state index contributed by atoms with van der Waals surface area (Å²) in [5, 5.41) is 12.3. The lowest BCUT2D eigenvalue weighted by Crippen LogP contribution is -2.37. The minimum Gasteiger partial charge on any atom is -0.497 e. The van der Waals surface area contributed by atoms with Crippen molar-refractivity contribution in [1.82, 2.24) is 20.1 Å². The second-order valence-corrected chi connectivity index (χ2v) is 8.04. The number of methoxy groups -OCH3 is 1. The summed E-state index contributed by atoms with van der Waals surface area (Å²) in [6, 6.07) is 8.28. The average molecular weight is 375 g/mol. The zero-order chi connectivity index (χ0) is 18.5. The van der Waals surface area contributed by atoms with Crippen molar-refractivity contribution >= 4 is 17.7 Å². The van der Waals surface area contributed by atoms with Gasteiger partial charge in [-0.1, -0.05) is 36.7 Å². The van der Waals surface area contributed by atoms with Crippen LogP contribution in [0.2, 0.25) is 0 Å². The van der Waals surface area contributed by atoms with Crippen LogP contribution in [0.3, 0.4) is 0 Å². The van der Waals surface area contributed by atoms with Crippen molar-refractivity contribution in [2.75, 3.05) is 7.11 Å². The smallest absolute Gasteiger partial charge is 0.233 e. The fourth-order valence-corrected chi connectivity index (χ4v) is 3.97. The molecule has 26 heavy (non-hydrogen) atoms. The molecule has 0 unspecified atom stereocenters. The molecular formula is C19H26N4O2S. The maximum Gasteiger partial charge on any atom is 0.233 e. The Morgan fingerprint density at radius 3 is 2.65 bits per heavy atom. The van der Waals surface area contributed by atoms with Crippen molar-refractivity contribution in [3.63, 3.8) is 0 Å². The standard InChI is InChI=1S/C19H26N4O2S/c1-13(18(24)20-15-6-4-5-7-15)26-19-22-21-17(23(19)2)12-14-8-10-16(25-3)11-9-14/h8-11,13,15H,4-7,12H2,1-3H3,(H,20,24)/t13-/m1/s1. The Morgan fingerprint density at radius 2 is 2.00 bits per heavy atom. The van der Waals surface area contributed by atoms with Gasteiger partial charge in [0, 0.05) is 19.5 Å². The van der Waals surface area contributed by atoms with Crippen LogP contribution in [0.1, 0.15) is 44.0 Å². The van der Waals surface area contributed by atoms with Crippen LogP contribution in [-0.4, -0.2) is 39.1 Å². The number of ether oxygens (including phenoxy) is 1. The van der Waals surface area contributed by atoms with Crippen molar-refractivity contribution in [3.05, 3.63) is 35.7 Å². The van der Waals surface area contributed by atoms with E-state index in [0.717, 1.165) is 35.1 Å². The van der Waals surface area contributed by atoms with E-state index in [1.807, 2.05) is 42.8 Å². The molecule has 0 spiro atoms. The van der Waals surface area contributed by atoms with Crippen LogP contribution in [0.25, 0.3) is 0 Å². The largest absolute Gasteiger partial charge is 0.497 e. The van der Waals surface area contributed by atoms with E-state index in [1.54, 1.807) is 7.11 Å². The summed E-state index contributed by atoms with van der Waals surface area (Å²) in [7, 11) is 3.61.